The van der Waals surface area contributed by atoms with E-state index in [4.69, 9.17) is 16.1 Å². The van der Waals surface area contributed by atoms with Gasteiger partial charge < -0.3 is 4.52 Å². The van der Waals surface area contributed by atoms with Gasteiger partial charge in [0.05, 0.1) is 12.2 Å². The van der Waals surface area contributed by atoms with Gasteiger partial charge in [-0.25, -0.2) is 4.39 Å². The van der Waals surface area contributed by atoms with E-state index in [1.165, 1.54) is 6.07 Å². The molecular formula is C21H26ClFN6O. The van der Waals surface area contributed by atoms with Crippen molar-refractivity contribution in [3.63, 3.8) is 0 Å². The van der Waals surface area contributed by atoms with Crippen molar-refractivity contribution >= 4 is 11.6 Å². The van der Waals surface area contributed by atoms with E-state index in [1.807, 2.05) is 7.05 Å². The molecule has 160 valence electrons. The topological polar surface area (TPSA) is 63.2 Å². The zero-order valence-electron chi connectivity index (χ0n) is 17.5. The summed E-state index contributed by atoms with van der Waals surface area (Å²) in [6, 6.07) is 4.97. The van der Waals surface area contributed by atoms with Crippen LogP contribution >= 0.6 is 11.6 Å². The second kappa shape index (κ2) is 8.83. The highest BCUT2D eigenvalue weighted by atomic mass is 35.5. The first kappa shape index (κ1) is 21.0. The van der Waals surface area contributed by atoms with Crippen LogP contribution < -0.4 is 0 Å². The number of rotatable bonds is 6. The van der Waals surface area contributed by atoms with Gasteiger partial charge in [0.25, 0.3) is 0 Å². The highest BCUT2D eigenvalue weighted by Gasteiger charge is 2.22. The average Bonchev–Trinajstić information content (AvgIpc) is 3.31. The summed E-state index contributed by atoms with van der Waals surface area (Å²) < 4.78 is 20.9. The first-order valence-corrected chi connectivity index (χ1v) is 10.6. The van der Waals surface area contributed by atoms with Gasteiger partial charge in [0.2, 0.25) is 11.7 Å². The molecule has 1 aromatic carbocycles. The molecule has 0 spiro atoms. The number of nitrogens with zero attached hydrogens (tertiary/aromatic N) is 6. The van der Waals surface area contributed by atoms with Gasteiger partial charge in [0, 0.05) is 50.9 Å². The van der Waals surface area contributed by atoms with Crippen molar-refractivity contribution in [1.82, 2.24) is 29.7 Å². The Balaban J connectivity index is 1.33. The Hall–Kier alpha value is -2.29. The lowest BCUT2D eigenvalue weighted by molar-refractivity contribution is 0.112. The first-order chi connectivity index (χ1) is 14.4. The fourth-order valence-electron chi connectivity index (χ4n) is 3.73. The van der Waals surface area contributed by atoms with Crippen molar-refractivity contribution in [1.29, 1.82) is 0 Å². The summed E-state index contributed by atoms with van der Waals surface area (Å²) in [6.07, 6.45) is 0.875. The molecule has 0 aliphatic carbocycles. The summed E-state index contributed by atoms with van der Waals surface area (Å²) >= 11 is 6.43. The molecule has 1 fully saturated rings. The van der Waals surface area contributed by atoms with Crippen molar-refractivity contribution in [2.75, 3.05) is 26.2 Å². The first-order valence-electron chi connectivity index (χ1n) is 10.2. The van der Waals surface area contributed by atoms with Crippen LogP contribution in [-0.2, 0) is 26.6 Å². The molecule has 1 saturated heterocycles. The minimum Gasteiger partial charge on any atom is -0.338 e. The minimum absolute atomic E-state index is 0.269. The Kier molecular flexibility index (Phi) is 6.17. The number of hydrogen-bond donors (Lipinski definition) is 0. The molecule has 4 rings (SSSR count). The number of piperazine rings is 1. The second-order valence-electron chi connectivity index (χ2n) is 7.72. The maximum atomic E-state index is 13.8. The van der Waals surface area contributed by atoms with E-state index >= 15 is 0 Å². The standard InChI is InChI=1S/C21H26ClFN6O/c1-4-18-16(20(22)27(3)25-18)12-28-7-9-29(10-8-28)13-19-24-21(26-30-19)15-6-5-14(2)17(23)11-15/h5-6,11H,4,7-10,12-13H2,1-3H3. The van der Waals surface area contributed by atoms with Crippen LogP contribution in [0.25, 0.3) is 11.4 Å². The normalized spacial score (nSPS) is 15.8. The SMILES string of the molecule is CCc1nn(C)c(Cl)c1CN1CCN(Cc2nc(-c3ccc(C)c(F)c3)no2)CC1. The number of hydrogen-bond acceptors (Lipinski definition) is 6. The van der Waals surface area contributed by atoms with Crippen LogP contribution in [0.15, 0.2) is 22.7 Å². The molecule has 0 N–H and O–H groups in total. The van der Waals surface area contributed by atoms with Crippen molar-refractivity contribution in [3.05, 3.63) is 51.9 Å². The average molecular weight is 433 g/mol. The van der Waals surface area contributed by atoms with Crippen LogP contribution in [-0.4, -0.2) is 55.9 Å². The van der Waals surface area contributed by atoms with Gasteiger partial charge >= 0.3 is 0 Å². The zero-order valence-corrected chi connectivity index (χ0v) is 18.3. The van der Waals surface area contributed by atoms with Crippen LogP contribution in [0.1, 0.15) is 29.6 Å². The van der Waals surface area contributed by atoms with Crippen LogP contribution in [0.3, 0.4) is 0 Å². The van der Waals surface area contributed by atoms with Gasteiger partial charge in [-0.3, -0.25) is 14.5 Å². The third kappa shape index (κ3) is 4.40. The van der Waals surface area contributed by atoms with Crippen molar-refractivity contribution in [3.8, 4) is 11.4 Å². The number of halogens is 2. The summed E-state index contributed by atoms with van der Waals surface area (Å²) in [5, 5.41) is 9.23. The van der Waals surface area contributed by atoms with E-state index in [2.05, 4.69) is 32.0 Å². The van der Waals surface area contributed by atoms with Gasteiger partial charge in [-0.1, -0.05) is 35.8 Å². The van der Waals surface area contributed by atoms with E-state index in [1.54, 1.807) is 23.7 Å². The fourth-order valence-corrected chi connectivity index (χ4v) is 3.94. The van der Waals surface area contributed by atoms with Gasteiger partial charge in [0.1, 0.15) is 11.0 Å². The summed E-state index contributed by atoms with van der Waals surface area (Å²) in [7, 11) is 1.88. The van der Waals surface area contributed by atoms with Gasteiger partial charge in [-0.2, -0.15) is 10.1 Å². The molecule has 0 radical (unpaired) electrons. The third-order valence-electron chi connectivity index (χ3n) is 5.59. The highest BCUT2D eigenvalue weighted by Crippen LogP contribution is 2.23. The smallest absolute Gasteiger partial charge is 0.241 e. The van der Waals surface area contributed by atoms with Crippen molar-refractivity contribution in [2.24, 2.45) is 7.05 Å². The fraction of sp³-hybridized carbons (Fsp3) is 0.476. The van der Waals surface area contributed by atoms with Crippen LogP contribution in [0.5, 0.6) is 0 Å². The molecule has 30 heavy (non-hydrogen) atoms. The van der Waals surface area contributed by atoms with E-state index in [0.29, 0.717) is 29.4 Å². The van der Waals surface area contributed by atoms with Gasteiger partial charge in [-0.15, -0.1) is 0 Å². The summed E-state index contributed by atoms with van der Waals surface area (Å²) in [5.41, 5.74) is 3.41. The Bertz CT molecular complexity index is 1020. The van der Waals surface area contributed by atoms with Gasteiger partial charge in [0.15, 0.2) is 0 Å². The minimum atomic E-state index is -0.269. The molecule has 3 heterocycles. The molecule has 0 atom stereocenters. The number of aromatic nitrogens is 4. The molecule has 3 aromatic rings. The Morgan fingerprint density at radius 3 is 2.50 bits per heavy atom. The maximum absolute atomic E-state index is 13.8. The quantitative estimate of drug-likeness (QED) is 0.594. The predicted octanol–water partition coefficient (Wildman–Crippen LogP) is 3.45. The molecule has 0 saturated carbocycles. The lowest BCUT2D eigenvalue weighted by Crippen LogP contribution is -2.45. The highest BCUT2D eigenvalue weighted by molar-refractivity contribution is 6.30. The van der Waals surface area contributed by atoms with Crippen LogP contribution in [0.4, 0.5) is 4.39 Å². The molecule has 0 bridgehead atoms. The van der Waals surface area contributed by atoms with Crippen molar-refractivity contribution < 1.29 is 8.91 Å². The Labute approximate surface area is 180 Å². The van der Waals surface area contributed by atoms with Gasteiger partial charge in [-0.05, 0) is 25.0 Å². The van der Waals surface area contributed by atoms with E-state index in [0.717, 1.165) is 55.6 Å². The second-order valence-corrected chi connectivity index (χ2v) is 8.08. The Morgan fingerprint density at radius 2 is 1.83 bits per heavy atom. The zero-order chi connectivity index (χ0) is 21.3. The lowest BCUT2D eigenvalue weighted by Gasteiger charge is -2.33. The van der Waals surface area contributed by atoms with E-state index < -0.39 is 0 Å². The monoisotopic (exact) mass is 432 g/mol. The largest absolute Gasteiger partial charge is 0.338 e. The molecule has 1 aliphatic rings. The number of benzene rings is 1. The molecule has 0 amide bonds. The van der Waals surface area contributed by atoms with Crippen LogP contribution in [0, 0.1) is 12.7 Å². The molecule has 1 aliphatic heterocycles. The molecule has 0 unspecified atom stereocenters. The molecule has 2 aromatic heterocycles. The predicted molar refractivity (Wildman–Crippen MR) is 113 cm³/mol. The third-order valence-corrected chi connectivity index (χ3v) is 6.06. The van der Waals surface area contributed by atoms with Crippen molar-refractivity contribution in [2.45, 2.75) is 33.4 Å². The molecule has 9 heteroatoms. The summed E-state index contributed by atoms with van der Waals surface area (Å²) in [4.78, 5) is 9.12. The van der Waals surface area contributed by atoms with E-state index in [-0.39, 0.29) is 5.82 Å². The van der Waals surface area contributed by atoms with Crippen LogP contribution in [0.2, 0.25) is 5.15 Å². The summed E-state index contributed by atoms with van der Waals surface area (Å²) in [6.45, 7) is 8.88. The lowest BCUT2D eigenvalue weighted by atomic mass is 10.1. The van der Waals surface area contributed by atoms with E-state index in [9.17, 15) is 4.39 Å². The Morgan fingerprint density at radius 1 is 1.13 bits per heavy atom. The summed E-state index contributed by atoms with van der Waals surface area (Å²) in [5.74, 6) is 0.693. The number of aryl methyl sites for hydroxylation is 3. The molecule has 7 nitrogen and oxygen atoms in total. The maximum Gasteiger partial charge on any atom is 0.241 e. The molecular weight excluding hydrogens is 407 g/mol.